The Hall–Kier alpha value is -1.56. The van der Waals surface area contributed by atoms with Gasteiger partial charge in [0.15, 0.2) is 23.4 Å². The van der Waals surface area contributed by atoms with Gasteiger partial charge in [-0.3, -0.25) is 9.69 Å². The van der Waals surface area contributed by atoms with E-state index in [2.05, 4.69) is 11.5 Å². The van der Waals surface area contributed by atoms with Crippen LogP contribution in [0.3, 0.4) is 0 Å². The van der Waals surface area contributed by atoms with Gasteiger partial charge in [0.25, 0.3) is 0 Å². The van der Waals surface area contributed by atoms with E-state index in [-0.39, 0.29) is 30.0 Å². The van der Waals surface area contributed by atoms with Gasteiger partial charge >= 0.3 is 0 Å². The number of aliphatic hydroxyl groups is 1. The van der Waals surface area contributed by atoms with Crippen LogP contribution in [0, 0.1) is 0 Å². The van der Waals surface area contributed by atoms with Gasteiger partial charge in [-0.15, -0.1) is 6.58 Å². The highest BCUT2D eigenvalue weighted by molar-refractivity contribution is 5.90. The minimum Gasteiger partial charge on any atom is -1.00 e. The number of ketones is 1. The van der Waals surface area contributed by atoms with Crippen LogP contribution in [0.15, 0.2) is 24.8 Å². The molecule has 0 amide bonds. The molecule has 1 saturated heterocycles. The molecule has 6 heteroatoms. The standard InChI is InChI=1S/C19H21NO4.ClH/c1-2-8-20-9-7-18-15-11-3-4-12(21)16(15)24-17(18)13(22)5-6-19(18,23)14(20)10-11;/h2-4,14,17,21,23H,1,5-10H2;1H/p-1/t14-,17?,18+,19-;/m1./s1. The van der Waals surface area contributed by atoms with Crippen molar-refractivity contribution < 1.29 is 32.2 Å². The molecule has 2 fully saturated rings. The first-order valence-electron chi connectivity index (χ1n) is 8.65. The normalized spacial score (nSPS) is 37.7. The number of phenols is 1. The number of aromatic hydroxyl groups is 1. The van der Waals surface area contributed by atoms with E-state index in [0.29, 0.717) is 31.4 Å². The maximum absolute atomic E-state index is 12.6. The Kier molecular flexibility index (Phi) is 3.53. The van der Waals surface area contributed by atoms with Gasteiger partial charge < -0.3 is 27.4 Å². The second-order valence-corrected chi connectivity index (χ2v) is 7.56. The van der Waals surface area contributed by atoms with Crippen molar-refractivity contribution >= 4 is 5.78 Å². The van der Waals surface area contributed by atoms with Gasteiger partial charge in [0, 0.05) is 31.1 Å². The zero-order valence-electron chi connectivity index (χ0n) is 13.9. The van der Waals surface area contributed by atoms with Crippen LogP contribution in [-0.2, 0) is 16.6 Å². The summed E-state index contributed by atoms with van der Waals surface area (Å²) < 4.78 is 5.98. The molecular weight excluding hydrogens is 342 g/mol. The van der Waals surface area contributed by atoms with E-state index < -0.39 is 17.1 Å². The summed E-state index contributed by atoms with van der Waals surface area (Å²) >= 11 is 0. The number of benzene rings is 1. The van der Waals surface area contributed by atoms with Crippen molar-refractivity contribution in [2.45, 2.75) is 48.8 Å². The van der Waals surface area contributed by atoms with Gasteiger partial charge in [-0.1, -0.05) is 12.1 Å². The molecule has 5 rings (SSSR count). The number of carbonyl (C=O) groups is 1. The van der Waals surface area contributed by atoms with Crippen molar-refractivity contribution in [2.24, 2.45) is 0 Å². The summed E-state index contributed by atoms with van der Waals surface area (Å²) in [6, 6.07) is 3.52. The third kappa shape index (κ3) is 1.74. The second kappa shape index (κ2) is 5.22. The van der Waals surface area contributed by atoms with Crippen LogP contribution in [0.1, 0.15) is 30.4 Å². The average Bonchev–Trinajstić information content (AvgIpc) is 2.91. The van der Waals surface area contributed by atoms with Crippen LogP contribution < -0.4 is 17.1 Å². The number of halogens is 1. The van der Waals surface area contributed by atoms with E-state index >= 15 is 0 Å². The first-order valence-corrected chi connectivity index (χ1v) is 8.65. The van der Waals surface area contributed by atoms with Crippen LogP contribution in [0.4, 0.5) is 0 Å². The number of ether oxygens (including phenoxy) is 1. The molecule has 25 heavy (non-hydrogen) atoms. The van der Waals surface area contributed by atoms with E-state index in [4.69, 9.17) is 4.74 Å². The van der Waals surface area contributed by atoms with Crippen molar-refractivity contribution in [3.8, 4) is 11.5 Å². The Morgan fingerprint density at radius 1 is 1.40 bits per heavy atom. The molecule has 2 aliphatic heterocycles. The van der Waals surface area contributed by atoms with Crippen LogP contribution in [0.2, 0.25) is 0 Å². The number of nitrogens with zero attached hydrogens (tertiary/aromatic N) is 1. The fraction of sp³-hybridized carbons (Fsp3) is 0.526. The maximum atomic E-state index is 12.6. The van der Waals surface area contributed by atoms with Crippen LogP contribution >= 0.6 is 0 Å². The van der Waals surface area contributed by atoms with E-state index in [0.717, 1.165) is 24.2 Å². The highest BCUT2D eigenvalue weighted by atomic mass is 35.5. The number of hydrogen-bond donors (Lipinski definition) is 2. The SMILES string of the molecule is C=CCN1CC[C@]23c4c5ccc(O)c4OC2C(=O)CC[C@@]3(O)[C@H]1C5.[Cl-]. The topological polar surface area (TPSA) is 70.0 Å². The first-order chi connectivity index (χ1) is 11.5. The number of carbonyl (C=O) groups excluding carboxylic acids is 1. The number of piperidine rings is 1. The van der Waals surface area contributed by atoms with Crippen LogP contribution in [-0.4, -0.2) is 51.7 Å². The number of hydrogen-bond acceptors (Lipinski definition) is 5. The van der Waals surface area contributed by atoms with Crippen molar-refractivity contribution in [3.05, 3.63) is 35.9 Å². The Morgan fingerprint density at radius 2 is 2.20 bits per heavy atom. The second-order valence-electron chi connectivity index (χ2n) is 7.56. The zero-order valence-corrected chi connectivity index (χ0v) is 14.6. The molecule has 2 bridgehead atoms. The predicted octanol–water partition coefficient (Wildman–Crippen LogP) is -1.69. The largest absolute Gasteiger partial charge is 1.00 e. The smallest absolute Gasteiger partial charge is 0.174 e. The van der Waals surface area contributed by atoms with Gasteiger partial charge in [-0.2, -0.15) is 0 Å². The van der Waals surface area contributed by atoms with Gasteiger partial charge in [-0.05, 0) is 30.9 Å². The highest BCUT2D eigenvalue weighted by Crippen LogP contribution is 2.64. The Labute approximate surface area is 152 Å². The van der Waals surface area contributed by atoms with Gasteiger partial charge in [-0.25, -0.2) is 0 Å². The fourth-order valence-electron chi connectivity index (χ4n) is 5.80. The van der Waals surface area contributed by atoms with Crippen molar-refractivity contribution in [2.75, 3.05) is 13.1 Å². The lowest BCUT2D eigenvalue weighted by Gasteiger charge is -2.62. The van der Waals surface area contributed by atoms with E-state index in [9.17, 15) is 15.0 Å². The molecule has 1 aromatic rings. The average molecular weight is 363 g/mol. The molecule has 5 nitrogen and oxygen atoms in total. The predicted molar refractivity (Wildman–Crippen MR) is 87.3 cm³/mol. The van der Waals surface area contributed by atoms with Gasteiger partial charge in [0.05, 0.1) is 11.0 Å². The monoisotopic (exact) mass is 362 g/mol. The molecule has 2 aliphatic carbocycles. The Balaban J connectivity index is 0.00000157. The summed E-state index contributed by atoms with van der Waals surface area (Å²) in [5, 5.41) is 22.1. The summed E-state index contributed by atoms with van der Waals surface area (Å²) in [6.07, 6.45) is 3.35. The lowest BCUT2D eigenvalue weighted by molar-refractivity contribution is -0.187. The maximum Gasteiger partial charge on any atom is 0.174 e. The van der Waals surface area contributed by atoms with Gasteiger partial charge in [0.1, 0.15) is 0 Å². The minimum absolute atomic E-state index is 0. The summed E-state index contributed by atoms with van der Waals surface area (Å²) in [5.41, 5.74) is 0.256. The third-order valence-electron chi connectivity index (χ3n) is 6.73. The molecule has 2 N–H and O–H groups in total. The van der Waals surface area contributed by atoms with Crippen LogP contribution in [0.5, 0.6) is 11.5 Å². The van der Waals surface area contributed by atoms with Crippen molar-refractivity contribution in [1.29, 1.82) is 0 Å². The van der Waals surface area contributed by atoms with E-state index in [1.54, 1.807) is 6.07 Å². The third-order valence-corrected chi connectivity index (χ3v) is 6.73. The summed E-state index contributed by atoms with van der Waals surface area (Å²) in [4.78, 5) is 14.9. The molecular formula is C19H21ClNO4-. The quantitative estimate of drug-likeness (QED) is 0.614. The molecule has 1 unspecified atom stereocenters. The van der Waals surface area contributed by atoms with Crippen molar-refractivity contribution in [1.82, 2.24) is 4.90 Å². The molecule has 1 saturated carbocycles. The zero-order chi connectivity index (χ0) is 16.7. The van der Waals surface area contributed by atoms with E-state index in [1.807, 2.05) is 12.1 Å². The summed E-state index contributed by atoms with van der Waals surface area (Å²) in [6.45, 7) is 5.36. The molecule has 1 spiro atoms. The number of rotatable bonds is 2. The van der Waals surface area contributed by atoms with Crippen LogP contribution in [0.25, 0.3) is 0 Å². The Morgan fingerprint density at radius 3 is 2.96 bits per heavy atom. The minimum atomic E-state index is -1.00. The molecule has 0 radical (unpaired) electrons. The lowest BCUT2D eigenvalue weighted by Crippen LogP contribution is -3.00. The summed E-state index contributed by atoms with van der Waals surface area (Å²) in [5.74, 6) is 0.528. The molecule has 2 heterocycles. The lowest BCUT2D eigenvalue weighted by atomic mass is 9.49. The van der Waals surface area contributed by atoms with Gasteiger partial charge in [0.2, 0.25) is 0 Å². The molecule has 4 aliphatic rings. The fourth-order valence-corrected chi connectivity index (χ4v) is 5.80. The highest BCUT2D eigenvalue weighted by Gasteiger charge is 2.72. The van der Waals surface area contributed by atoms with Crippen molar-refractivity contribution in [3.63, 3.8) is 0 Å². The Bertz CT molecular complexity index is 781. The molecule has 4 atom stereocenters. The van der Waals surface area contributed by atoms with E-state index in [1.165, 1.54) is 0 Å². The molecule has 1 aromatic carbocycles. The molecule has 0 aromatic heterocycles. The molecule has 134 valence electrons. The number of phenolic OH excluding ortho intramolecular Hbond substituents is 1. The number of Topliss-reactive ketones (excluding diaryl/α,β-unsaturated/α-hetero) is 1. The summed E-state index contributed by atoms with van der Waals surface area (Å²) in [7, 11) is 0. The first kappa shape index (κ1) is 16.9. The number of likely N-dealkylation sites (tertiary alicyclic amines) is 1.